The number of carbonyl (C=O) groups is 2. The second kappa shape index (κ2) is 9.03. The Hall–Kier alpha value is -1.83. The quantitative estimate of drug-likeness (QED) is 0.638. The van der Waals surface area contributed by atoms with Gasteiger partial charge in [-0.15, -0.1) is 12.4 Å². The molecule has 3 rings (SSSR count). The third-order valence-corrected chi connectivity index (χ3v) is 4.40. The molecular weight excluding hydrogens is 344 g/mol. The largest absolute Gasteiger partial charge is 0.381 e. The molecule has 7 nitrogen and oxygen atoms in total. The lowest BCUT2D eigenvalue weighted by Gasteiger charge is -2.26. The Kier molecular flexibility index (Phi) is 7.04. The number of anilines is 2. The first kappa shape index (κ1) is 19.5. The molecule has 0 spiro atoms. The van der Waals surface area contributed by atoms with Crippen LogP contribution in [-0.4, -0.2) is 37.2 Å². The molecule has 25 heavy (non-hydrogen) atoms. The van der Waals surface area contributed by atoms with Crippen molar-refractivity contribution in [2.45, 2.75) is 37.8 Å². The van der Waals surface area contributed by atoms with Crippen molar-refractivity contribution in [3.8, 4) is 0 Å². The molecule has 0 aromatic heterocycles. The van der Waals surface area contributed by atoms with Crippen LogP contribution in [0.2, 0.25) is 0 Å². The summed E-state index contributed by atoms with van der Waals surface area (Å²) < 4.78 is 5.29. The number of ether oxygens (including phenoxy) is 1. The zero-order chi connectivity index (χ0) is 16.9. The van der Waals surface area contributed by atoms with E-state index in [-0.39, 0.29) is 30.3 Å². The summed E-state index contributed by atoms with van der Waals surface area (Å²) in [5.74, 6) is -0.0279. The lowest BCUT2D eigenvalue weighted by atomic mass is 9.92. The molecule has 1 aromatic carbocycles. The molecule has 1 aromatic rings. The molecule has 2 fully saturated rings. The predicted octanol–water partition coefficient (Wildman–Crippen LogP) is 2.08. The highest BCUT2D eigenvalue weighted by atomic mass is 35.5. The van der Waals surface area contributed by atoms with E-state index in [2.05, 4.69) is 16.0 Å². The van der Waals surface area contributed by atoms with Crippen molar-refractivity contribution in [1.29, 1.82) is 0 Å². The Morgan fingerprint density at radius 3 is 2.12 bits per heavy atom. The van der Waals surface area contributed by atoms with Crippen LogP contribution >= 0.6 is 12.4 Å². The lowest BCUT2D eigenvalue weighted by Crippen LogP contribution is -2.44. The van der Waals surface area contributed by atoms with E-state index in [1.807, 2.05) is 0 Å². The van der Waals surface area contributed by atoms with Crippen LogP contribution in [0.3, 0.4) is 0 Å². The standard InChI is InChI=1S/C17H24N4O3.ClH/c18-15(11-7-9-24-10-8-11)16(22)19-12-1-3-13(4-2-12)20-17(23)21-14-5-6-14;/h1-4,11,14-15H,5-10,18H2,(H,19,22)(H2,20,21,23);1H. The fraction of sp³-hybridized carbons (Fsp3) is 0.529. The molecule has 1 aliphatic heterocycles. The van der Waals surface area contributed by atoms with Crippen LogP contribution in [0.4, 0.5) is 16.2 Å². The van der Waals surface area contributed by atoms with Crippen molar-refractivity contribution < 1.29 is 14.3 Å². The molecule has 1 unspecified atom stereocenters. The minimum Gasteiger partial charge on any atom is -0.381 e. The topological polar surface area (TPSA) is 105 Å². The van der Waals surface area contributed by atoms with Crippen molar-refractivity contribution in [2.24, 2.45) is 11.7 Å². The van der Waals surface area contributed by atoms with Gasteiger partial charge in [0.15, 0.2) is 0 Å². The maximum atomic E-state index is 12.2. The average Bonchev–Trinajstić information content (AvgIpc) is 3.40. The summed E-state index contributed by atoms with van der Waals surface area (Å²) in [4.78, 5) is 23.9. The van der Waals surface area contributed by atoms with Crippen molar-refractivity contribution in [2.75, 3.05) is 23.8 Å². The number of urea groups is 1. The van der Waals surface area contributed by atoms with Gasteiger partial charge in [-0.1, -0.05) is 0 Å². The molecule has 1 aliphatic carbocycles. The minimum absolute atomic E-state index is 0. The molecule has 1 saturated carbocycles. The summed E-state index contributed by atoms with van der Waals surface area (Å²) in [7, 11) is 0. The number of halogens is 1. The number of rotatable bonds is 5. The molecule has 138 valence electrons. The molecule has 8 heteroatoms. The third-order valence-electron chi connectivity index (χ3n) is 4.40. The molecule has 3 amide bonds. The van der Waals surface area contributed by atoms with Gasteiger partial charge in [0.05, 0.1) is 6.04 Å². The summed E-state index contributed by atoms with van der Waals surface area (Å²) in [5.41, 5.74) is 7.40. The lowest BCUT2D eigenvalue weighted by molar-refractivity contribution is -0.119. The zero-order valence-corrected chi connectivity index (χ0v) is 14.8. The number of hydrogen-bond donors (Lipinski definition) is 4. The maximum absolute atomic E-state index is 12.2. The molecule has 1 heterocycles. The molecule has 5 N–H and O–H groups in total. The SMILES string of the molecule is Cl.NC(C(=O)Nc1ccc(NC(=O)NC2CC2)cc1)C1CCOCC1. The van der Waals surface area contributed by atoms with Gasteiger partial charge >= 0.3 is 6.03 Å². The van der Waals surface area contributed by atoms with Gasteiger partial charge in [-0.2, -0.15) is 0 Å². The Balaban J connectivity index is 0.00000225. The highest BCUT2D eigenvalue weighted by molar-refractivity contribution is 5.95. The molecular formula is C17H25ClN4O3. The third kappa shape index (κ3) is 5.88. The van der Waals surface area contributed by atoms with Crippen LogP contribution in [0.1, 0.15) is 25.7 Å². The van der Waals surface area contributed by atoms with Crippen LogP contribution < -0.4 is 21.7 Å². The fourth-order valence-corrected chi connectivity index (χ4v) is 2.73. The van der Waals surface area contributed by atoms with Crippen LogP contribution in [0.15, 0.2) is 24.3 Å². The first-order valence-electron chi connectivity index (χ1n) is 8.43. The van der Waals surface area contributed by atoms with Gasteiger partial charge in [0.2, 0.25) is 5.91 Å². The van der Waals surface area contributed by atoms with Crippen LogP contribution in [-0.2, 0) is 9.53 Å². The molecule has 0 bridgehead atoms. The van der Waals surface area contributed by atoms with E-state index in [0.29, 0.717) is 30.6 Å². The van der Waals surface area contributed by atoms with Crippen LogP contribution in [0.5, 0.6) is 0 Å². The van der Waals surface area contributed by atoms with E-state index in [0.717, 1.165) is 25.7 Å². The molecule has 1 saturated heterocycles. The van der Waals surface area contributed by atoms with Gasteiger partial charge in [-0.05, 0) is 55.9 Å². The van der Waals surface area contributed by atoms with Crippen molar-refractivity contribution >= 4 is 35.7 Å². The first-order chi connectivity index (χ1) is 11.6. The maximum Gasteiger partial charge on any atom is 0.319 e. The number of benzene rings is 1. The Bertz CT molecular complexity index is 586. The molecule has 0 radical (unpaired) electrons. The average molecular weight is 369 g/mol. The van der Waals surface area contributed by atoms with Gasteiger partial charge in [-0.3, -0.25) is 4.79 Å². The fourth-order valence-electron chi connectivity index (χ4n) is 2.73. The second-order valence-electron chi connectivity index (χ2n) is 6.41. The number of nitrogens with two attached hydrogens (primary N) is 1. The van der Waals surface area contributed by atoms with Crippen molar-refractivity contribution in [3.63, 3.8) is 0 Å². The summed E-state index contributed by atoms with van der Waals surface area (Å²) in [6, 6.07) is 6.59. The van der Waals surface area contributed by atoms with E-state index < -0.39 is 6.04 Å². The number of nitrogens with one attached hydrogen (secondary N) is 3. The normalized spacial score (nSPS) is 18.6. The van der Waals surface area contributed by atoms with E-state index >= 15 is 0 Å². The minimum atomic E-state index is -0.531. The number of carbonyl (C=O) groups excluding carboxylic acids is 2. The van der Waals surface area contributed by atoms with E-state index in [9.17, 15) is 9.59 Å². The van der Waals surface area contributed by atoms with Crippen LogP contribution in [0, 0.1) is 5.92 Å². The van der Waals surface area contributed by atoms with Gasteiger partial charge in [0.25, 0.3) is 0 Å². The van der Waals surface area contributed by atoms with Crippen molar-refractivity contribution in [3.05, 3.63) is 24.3 Å². The van der Waals surface area contributed by atoms with E-state index in [1.54, 1.807) is 24.3 Å². The number of amides is 3. The molecule has 1 atom stereocenters. The van der Waals surface area contributed by atoms with Gasteiger partial charge in [0.1, 0.15) is 0 Å². The van der Waals surface area contributed by atoms with E-state index in [1.165, 1.54) is 0 Å². The summed E-state index contributed by atoms with van der Waals surface area (Å²) in [6.45, 7) is 1.32. The summed E-state index contributed by atoms with van der Waals surface area (Å²) in [5, 5.41) is 8.45. The van der Waals surface area contributed by atoms with Gasteiger partial charge in [0, 0.05) is 30.6 Å². The first-order valence-corrected chi connectivity index (χ1v) is 8.43. The summed E-state index contributed by atoms with van der Waals surface area (Å²) >= 11 is 0. The Labute approximate surface area is 153 Å². The van der Waals surface area contributed by atoms with Crippen LogP contribution in [0.25, 0.3) is 0 Å². The smallest absolute Gasteiger partial charge is 0.319 e. The van der Waals surface area contributed by atoms with Crippen molar-refractivity contribution in [1.82, 2.24) is 5.32 Å². The number of hydrogen-bond acceptors (Lipinski definition) is 4. The van der Waals surface area contributed by atoms with Gasteiger partial charge in [-0.25, -0.2) is 4.79 Å². The molecule has 2 aliphatic rings. The zero-order valence-electron chi connectivity index (χ0n) is 14.0. The second-order valence-corrected chi connectivity index (χ2v) is 6.41. The highest BCUT2D eigenvalue weighted by Gasteiger charge is 2.26. The Morgan fingerprint density at radius 1 is 1.00 bits per heavy atom. The predicted molar refractivity (Wildman–Crippen MR) is 99.0 cm³/mol. The van der Waals surface area contributed by atoms with E-state index in [4.69, 9.17) is 10.5 Å². The Morgan fingerprint density at radius 2 is 1.56 bits per heavy atom. The summed E-state index contributed by atoms with van der Waals surface area (Å²) in [6.07, 6.45) is 3.72. The van der Waals surface area contributed by atoms with Gasteiger partial charge < -0.3 is 26.4 Å². The monoisotopic (exact) mass is 368 g/mol. The highest BCUT2D eigenvalue weighted by Crippen LogP contribution is 2.20.